The van der Waals surface area contributed by atoms with Crippen LogP contribution < -0.4 is 0 Å². The standard InChI is InChI=1S/C21H23F3N4/c1-14(16-6-4-3-5-7-16)12-27-9-8-17(13-27)18-11-20-25-15(2)10-19(21(22,23)24)28(20)26-18/h3-7,10-11,14,17H,8-9,12-13H2,1-2H3/t14-,17-/m0/s1. The van der Waals surface area contributed by atoms with Crippen LogP contribution >= 0.6 is 0 Å². The van der Waals surface area contributed by atoms with Crippen LogP contribution in [0, 0.1) is 6.92 Å². The highest BCUT2D eigenvalue weighted by Crippen LogP contribution is 2.32. The van der Waals surface area contributed by atoms with E-state index in [0.717, 1.165) is 36.6 Å². The Morgan fingerprint density at radius 2 is 1.93 bits per heavy atom. The van der Waals surface area contributed by atoms with Crippen molar-refractivity contribution in [3.63, 3.8) is 0 Å². The Bertz CT molecular complexity index is 965. The molecule has 3 aromatic rings. The van der Waals surface area contributed by atoms with Crippen LogP contribution in [-0.2, 0) is 6.18 Å². The lowest BCUT2D eigenvalue weighted by Gasteiger charge is -2.21. The van der Waals surface area contributed by atoms with E-state index in [9.17, 15) is 13.2 Å². The number of alkyl halides is 3. The summed E-state index contributed by atoms with van der Waals surface area (Å²) >= 11 is 0. The van der Waals surface area contributed by atoms with Crippen molar-refractivity contribution in [3.8, 4) is 0 Å². The first-order valence-corrected chi connectivity index (χ1v) is 9.53. The summed E-state index contributed by atoms with van der Waals surface area (Å²) in [6.07, 6.45) is -3.56. The van der Waals surface area contributed by atoms with Crippen LogP contribution in [-0.4, -0.2) is 39.1 Å². The van der Waals surface area contributed by atoms with Crippen molar-refractivity contribution in [1.29, 1.82) is 0 Å². The lowest BCUT2D eigenvalue weighted by atomic mass is 10.0. The summed E-state index contributed by atoms with van der Waals surface area (Å²) in [5.41, 5.74) is 1.83. The number of hydrogen-bond acceptors (Lipinski definition) is 3. The Balaban J connectivity index is 1.52. The zero-order valence-electron chi connectivity index (χ0n) is 15.9. The minimum atomic E-state index is -4.46. The predicted molar refractivity (Wildman–Crippen MR) is 101 cm³/mol. The maximum atomic E-state index is 13.4. The van der Waals surface area contributed by atoms with E-state index in [2.05, 4.69) is 34.0 Å². The third kappa shape index (κ3) is 3.76. The quantitative estimate of drug-likeness (QED) is 0.652. The van der Waals surface area contributed by atoms with Crippen LogP contribution in [0.15, 0.2) is 42.5 Å². The highest BCUT2D eigenvalue weighted by Gasteiger charge is 2.35. The van der Waals surface area contributed by atoms with Crippen LogP contribution in [0.1, 0.15) is 47.8 Å². The predicted octanol–water partition coefficient (Wildman–Crippen LogP) is 4.65. The molecule has 148 valence electrons. The monoisotopic (exact) mass is 388 g/mol. The molecule has 0 radical (unpaired) electrons. The van der Waals surface area contributed by atoms with E-state index in [1.807, 2.05) is 18.2 Å². The van der Waals surface area contributed by atoms with Crippen molar-refractivity contribution in [3.05, 3.63) is 65.1 Å². The van der Waals surface area contributed by atoms with Crippen LogP contribution in [0.25, 0.3) is 5.65 Å². The molecule has 0 N–H and O–H groups in total. The molecule has 1 aliphatic rings. The van der Waals surface area contributed by atoms with Gasteiger partial charge < -0.3 is 4.90 Å². The van der Waals surface area contributed by atoms with E-state index in [1.54, 1.807) is 13.0 Å². The van der Waals surface area contributed by atoms with Gasteiger partial charge >= 0.3 is 6.18 Å². The second kappa shape index (κ2) is 7.20. The lowest BCUT2D eigenvalue weighted by molar-refractivity contribution is -0.142. The Hall–Kier alpha value is -2.41. The first-order valence-electron chi connectivity index (χ1n) is 9.53. The van der Waals surface area contributed by atoms with Gasteiger partial charge in [0.2, 0.25) is 0 Å². The van der Waals surface area contributed by atoms with E-state index in [0.29, 0.717) is 17.3 Å². The number of halogens is 3. The number of aromatic nitrogens is 3. The molecule has 7 heteroatoms. The molecular weight excluding hydrogens is 365 g/mol. The molecule has 0 bridgehead atoms. The summed E-state index contributed by atoms with van der Waals surface area (Å²) in [5, 5.41) is 4.28. The molecule has 0 saturated carbocycles. The molecule has 1 aromatic carbocycles. The topological polar surface area (TPSA) is 33.4 Å². The zero-order valence-corrected chi connectivity index (χ0v) is 15.9. The van der Waals surface area contributed by atoms with Crippen LogP contribution in [0.3, 0.4) is 0 Å². The highest BCUT2D eigenvalue weighted by atomic mass is 19.4. The van der Waals surface area contributed by atoms with Gasteiger partial charge in [-0.3, -0.25) is 0 Å². The SMILES string of the molecule is Cc1cc(C(F)(F)F)n2nc([C@H]3CCN(C[C@H](C)c4ccccc4)C3)cc2n1. The van der Waals surface area contributed by atoms with Crippen molar-refractivity contribution < 1.29 is 13.2 Å². The fourth-order valence-corrected chi connectivity index (χ4v) is 4.03. The maximum Gasteiger partial charge on any atom is 0.433 e. The Morgan fingerprint density at radius 1 is 1.18 bits per heavy atom. The second-order valence-electron chi connectivity index (χ2n) is 7.68. The molecule has 4 nitrogen and oxygen atoms in total. The van der Waals surface area contributed by atoms with Gasteiger partial charge in [0.25, 0.3) is 0 Å². The third-order valence-corrected chi connectivity index (χ3v) is 5.46. The Kier molecular flexibility index (Phi) is 4.87. The average molecular weight is 388 g/mol. The average Bonchev–Trinajstić information content (AvgIpc) is 3.27. The van der Waals surface area contributed by atoms with E-state index in [1.165, 1.54) is 5.56 Å². The van der Waals surface area contributed by atoms with Crippen molar-refractivity contribution >= 4 is 5.65 Å². The van der Waals surface area contributed by atoms with Gasteiger partial charge in [-0.2, -0.15) is 18.3 Å². The molecule has 2 atom stereocenters. The molecular formula is C21H23F3N4. The number of rotatable bonds is 4. The van der Waals surface area contributed by atoms with E-state index in [-0.39, 0.29) is 11.6 Å². The van der Waals surface area contributed by atoms with Gasteiger partial charge in [-0.25, -0.2) is 9.50 Å². The van der Waals surface area contributed by atoms with Gasteiger partial charge in [0.15, 0.2) is 5.65 Å². The van der Waals surface area contributed by atoms with Gasteiger partial charge in [0, 0.05) is 30.8 Å². The number of fused-ring (bicyclic) bond motifs is 1. The molecule has 3 heterocycles. The molecule has 1 aliphatic heterocycles. The lowest BCUT2D eigenvalue weighted by Crippen LogP contribution is -2.25. The van der Waals surface area contributed by atoms with Crippen molar-refractivity contribution in [2.24, 2.45) is 0 Å². The van der Waals surface area contributed by atoms with Gasteiger partial charge in [-0.05, 0) is 37.4 Å². The maximum absolute atomic E-state index is 13.4. The second-order valence-corrected chi connectivity index (χ2v) is 7.68. The van der Waals surface area contributed by atoms with Gasteiger partial charge in [-0.15, -0.1) is 0 Å². The minimum absolute atomic E-state index is 0.131. The van der Waals surface area contributed by atoms with Crippen LogP contribution in [0.5, 0.6) is 0 Å². The van der Waals surface area contributed by atoms with Gasteiger partial charge in [-0.1, -0.05) is 37.3 Å². The van der Waals surface area contributed by atoms with Gasteiger partial charge in [0.1, 0.15) is 5.69 Å². The highest BCUT2D eigenvalue weighted by molar-refractivity contribution is 5.43. The molecule has 1 fully saturated rings. The molecule has 28 heavy (non-hydrogen) atoms. The Morgan fingerprint density at radius 3 is 2.64 bits per heavy atom. The number of likely N-dealkylation sites (tertiary alicyclic amines) is 1. The smallest absolute Gasteiger partial charge is 0.302 e. The largest absolute Gasteiger partial charge is 0.433 e. The van der Waals surface area contributed by atoms with E-state index < -0.39 is 11.9 Å². The summed E-state index contributed by atoms with van der Waals surface area (Å²) in [7, 11) is 0. The first-order chi connectivity index (χ1) is 13.3. The fourth-order valence-electron chi connectivity index (χ4n) is 4.03. The summed E-state index contributed by atoms with van der Waals surface area (Å²) in [6, 6.07) is 13.1. The fraction of sp³-hybridized carbons (Fsp3) is 0.429. The first kappa shape index (κ1) is 18.9. The molecule has 2 aromatic heterocycles. The third-order valence-electron chi connectivity index (χ3n) is 5.46. The van der Waals surface area contributed by atoms with Crippen molar-refractivity contribution in [1.82, 2.24) is 19.5 Å². The number of hydrogen-bond donors (Lipinski definition) is 0. The summed E-state index contributed by atoms with van der Waals surface area (Å²) in [5.74, 6) is 0.535. The van der Waals surface area contributed by atoms with E-state index >= 15 is 0 Å². The van der Waals surface area contributed by atoms with E-state index in [4.69, 9.17) is 0 Å². The molecule has 4 rings (SSSR count). The number of benzene rings is 1. The summed E-state index contributed by atoms with van der Waals surface area (Å²) < 4.78 is 41.0. The molecule has 1 saturated heterocycles. The van der Waals surface area contributed by atoms with Gasteiger partial charge in [0.05, 0.1) is 5.69 Å². The summed E-state index contributed by atoms with van der Waals surface area (Å²) in [4.78, 5) is 6.61. The van der Waals surface area contributed by atoms with Crippen molar-refractivity contribution in [2.45, 2.75) is 38.3 Å². The number of aryl methyl sites for hydroxylation is 1. The minimum Gasteiger partial charge on any atom is -0.302 e. The molecule has 0 amide bonds. The van der Waals surface area contributed by atoms with Crippen LogP contribution in [0.2, 0.25) is 0 Å². The van der Waals surface area contributed by atoms with Crippen molar-refractivity contribution in [2.75, 3.05) is 19.6 Å². The number of nitrogens with zero attached hydrogens (tertiary/aromatic N) is 4. The Labute approximate surface area is 162 Å². The molecule has 0 unspecified atom stereocenters. The zero-order chi connectivity index (χ0) is 19.9. The molecule has 0 aliphatic carbocycles. The normalized spacial score (nSPS) is 19.4. The molecule has 0 spiro atoms. The van der Waals surface area contributed by atoms with Crippen LogP contribution in [0.4, 0.5) is 13.2 Å². The summed E-state index contributed by atoms with van der Waals surface area (Å²) in [6.45, 7) is 6.44.